The maximum absolute atomic E-state index is 9.78. The van der Waals surface area contributed by atoms with Crippen molar-refractivity contribution >= 4 is 5.97 Å². The molecule has 0 fully saturated rings. The van der Waals surface area contributed by atoms with Gasteiger partial charge in [-0.3, -0.25) is 0 Å². The van der Waals surface area contributed by atoms with E-state index in [1.807, 2.05) is 5.92 Å². The summed E-state index contributed by atoms with van der Waals surface area (Å²) in [5.41, 5.74) is 0. The second-order valence-electron chi connectivity index (χ2n) is 1.20. The van der Waals surface area contributed by atoms with E-state index in [1.54, 1.807) is 5.92 Å². The average molecular weight is 142 g/mol. The first kappa shape index (κ1) is 8.71. The average Bonchev–Trinajstić information content (AvgIpc) is 1.96. The molecule has 0 aromatic rings. The molecule has 0 spiro atoms. The van der Waals surface area contributed by atoms with Crippen LogP contribution < -0.4 is 0 Å². The Kier molecular flexibility index (Phi) is 4.62. The lowest BCUT2D eigenvalue weighted by atomic mass is 10.5. The third kappa shape index (κ3) is 7.71. The Morgan fingerprint density at radius 3 is 2.18 bits per heavy atom. The zero-order chi connectivity index (χ0) is 8.53. The van der Waals surface area contributed by atoms with Crippen molar-refractivity contribution < 1.29 is 9.90 Å². The zero-order valence-corrected chi connectivity index (χ0v) is 5.43. The van der Waals surface area contributed by atoms with E-state index >= 15 is 0 Å². The van der Waals surface area contributed by atoms with Crippen LogP contribution in [0.25, 0.3) is 0 Å². The summed E-state index contributed by atoms with van der Waals surface area (Å²) >= 11 is 0. The fourth-order valence-corrected chi connectivity index (χ4v) is 0.215. The molecule has 0 aromatic carbocycles. The van der Waals surface area contributed by atoms with Crippen molar-refractivity contribution in [1.82, 2.24) is 0 Å². The topological polar surface area (TPSA) is 37.3 Å². The molecule has 50 valence electrons. The lowest BCUT2D eigenvalue weighted by Gasteiger charge is -1.63. The number of terminal acetylenes is 1. The predicted molar refractivity (Wildman–Crippen MR) is 39.8 cm³/mol. The van der Waals surface area contributed by atoms with Gasteiger partial charge in [0.15, 0.2) is 0 Å². The van der Waals surface area contributed by atoms with Gasteiger partial charge in [0.25, 0.3) is 0 Å². The summed E-state index contributed by atoms with van der Waals surface area (Å²) in [4.78, 5) is 9.78. The third-order valence-corrected chi connectivity index (χ3v) is 0.492. The van der Waals surface area contributed by atoms with Crippen LogP contribution in [0.3, 0.4) is 0 Å². The smallest absolute Gasteiger partial charge is 0.382 e. The summed E-state index contributed by atoms with van der Waals surface area (Å²) in [5, 5.41) is 8.01. The number of carbonyl (C=O) groups is 1. The predicted octanol–water partition coefficient (Wildman–Crippen LogP) is -0.286. The van der Waals surface area contributed by atoms with Gasteiger partial charge in [-0.2, -0.15) is 0 Å². The van der Waals surface area contributed by atoms with Crippen LogP contribution in [0.1, 0.15) is 0 Å². The Hall–Kier alpha value is -2.29. The number of carboxylic acids is 1. The molecule has 0 amide bonds. The van der Waals surface area contributed by atoms with Gasteiger partial charge in [0.1, 0.15) is 0 Å². The van der Waals surface area contributed by atoms with E-state index in [9.17, 15) is 4.79 Å². The molecule has 2 nitrogen and oxygen atoms in total. The van der Waals surface area contributed by atoms with E-state index in [4.69, 9.17) is 11.5 Å². The summed E-state index contributed by atoms with van der Waals surface area (Å²) in [7, 11) is 0. The standard InChI is InChI=1S/C9H2O2/c1-2-3-4-5-6-7-8-9(10)11/h1H,(H,10,11). The van der Waals surface area contributed by atoms with Crippen molar-refractivity contribution in [2.45, 2.75) is 0 Å². The molecule has 0 aromatic heterocycles. The molecule has 0 unspecified atom stereocenters. The molecular weight excluding hydrogens is 140 g/mol. The molecular formula is C9H2O2. The second-order valence-corrected chi connectivity index (χ2v) is 1.20. The van der Waals surface area contributed by atoms with Crippen LogP contribution in [0, 0.1) is 47.9 Å². The van der Waals surface area contributed by atoms with Crippen molar-refractivity contribution in [3.63, 3.8) is 0 Å². The van der Waals surface area contributed by atoms with Gasteiger partial charge in [-0.15, -0.1) is 6.42 Å². The highest BCUT2D eigenvalue weighted by atomic mass is 16.4. The van der Waals surface area contributed by atoms with Gasteiger partial charge in [0, 0.05) is 5.92 Å². The van der Waals surface area contributed by atoms with Crippen LogP contribution in [-0.2, 0) is 4.79 Å². The first-order valence-corrected chi connectivity index (χ1v) is 2.47. The normalized spacial score (nSPS) is 4.64. The van der Waals surface area contributed by atoms with E-state index in [-0.39, 0.29) is 0 Å². The van der Waals surface area contributed by atoms with Crippen LogP contribution >= 0.6 is 0 Å². The summed E-state index contributed by atoms with van der Waals surface area (Å²) < 4.78 is 0. The minimum Gasteiger partial charge on any atom is -0.472 e. The molecule has 0 saturated heterocycles. The monoisotopic (exact) mass is 142 g/mol. The Bertz CT molecular complexity index is 363. The van der Waals surface area contributed by atoms with Crippen molar-refractivity contribution in [2.24, 2.45) is 0 Å². The Labute approximate surface area is 64.6 Å². The van der Waals surface area contributed by atoms with Gasteiger partial charge in [0.05, 0.1) is 0 Å². The minimum absolute atomic E-state index is 1.22. The van der Waals surface area contributed by atoms with E-state index < -0.39 is 5.97 Å². The van der Waals surface area contributed by atoms with Crippen LogP contribution in [0.4, 0.5) is 0 Å². The van der Waals surface area contributed by atoms with Crippen LogP contribution in [0.5, 0.6) is 0 Å². The van der Waals surface area contributed by atoms with Gasteiger partial charge in [0.2, 0.25) is 0 Å². The van der Waals surface area contributed by atoms with Gasteiger partial charge in [-0.05, 0) is 35.5 Å². The van der Waals surface area contributed by atoms with E-state index in [0.717, 1.165) is 0 Å². The molecule has 0 radical (unpaired) electrons. The van der Waals surface area contributed by atoms with E-state index in [2.05, 4.69) is 29.6 Å². The SMILES string of the molecule is C#CC#CC#CC#CC(=O)O. The molecule has 0 rings (SSSR count). The van der Waals surface area contributed by atoms with Crippen molar-refractivity contribution in [2.75, 3.05) is 0 Å². The number of hydrogen-bond acceptors (Lipinski definition) is 1. The molecule has 0 bridgehead atoms. The zero-order valence-electron chi connectivity index (χ0n) is 5.43. The molecule has 0 heterocycles. The molecule has 0 aliphatic carbocycles. The Balaban J connectivity index is 4.08. The Morgan fingerprint density at radius 2 is 1.64 bits per heavy atom. The number of carboxylic acid groups (broad SMARTS) is 1. The third-order valence-electron chi connectivity index (χ3n) is 0.492. The molecule has 0 saturated carbocycles. The van der Waals surface area contributed by atoms with Crippen molar-refractivity contribution in [1.29, 1.82) is 0 Å². The molecule has 0 atom stereocenters. The summed E-state index contributed by atoms with van der Waals surface area (Å²) in [5.74, 6) is 13.6. The first-order valence-electron chi connectivity index (χ1n) is 2.47. The summed E-state index contributed by atoms with van der Waals surface area (Å²) in [6, 6.07) is 0. The quantitative estimate of drug-likeness (QED) is 0.472. The van der Waals surface area contributed by atoms with Crippen LogP contribution in [-0.4, -0.2) is 11.1 Å². The fraction of sp³-hybridized carbons (Fsp3) is 0. The molecule has 0 aliphatic rings. The lowest BCUT2D eigenvalue weighted by molar-refractivity contribution is -0.130. The number of rotatable bonds is 0. The fourth-order valence-electron chi connectivity index (χ4n) is 0.215. The van der Waals surface area contributed by atoms with Crippen LogP contribution in [0.15, 0.2) is 0 Å². The summed E-state index contributed by atoms with van der Waals surface area (Å²) in [6.45, 7) is 0. The molecule has 2 heteroatoms. The largest absolute Gasteiger partial charge is 0.472 e. The van der Waals surface area contributed by atoms with Crippen molar-refractivity contribution in [3.05, 3.63) is 0 Å². The first-order chi connectivity index (χ1) is 5.27. The molecule has 11 heavy (non-hydrogen) atoms. The highest BCUT2D eigenvalue weighted by Gasteiger charge is 1.78. The summed E-state index contributed by atoms with van der Waals surface area (Å²) in [6.07, 6.45) is 4.77. The Morgan fingerprint density at radius 1 is 1.09 bits per heavy atom. The van der Waals surface area contributed by atoms with Crippen LogP contribution in [0.2, 0.25) is 0 Å². The minimum atomic E-state index is -1.22. The second kappa shape index (κ2) is 5.84. The maximum atomic E-state index is 9.78. The lowest BCUT2D eigenvalue weighted by Crippen LogP contribution is -1.85. The van der Waals surface area contributed by atoms with E-state index in [1.165, 1.54) is 0 Å². The number of aliphatic carboxylic acids is 1. The molecule has 1 N–H and O–H groups in total. The highest BCUT2D eigenvalue weighted by molar-refractivity contribution is 5.87. The van der Waals surface area contributed by atoms with E-state index in [0.29, 0.717) is 0 Å². The van der Waals surface area contributed by atoms with Gasteiger partial charge >= 0.3 is 5.97 Å². The number of hydrogen-bond donors (Lipinski definition) is 1. The van der Waals surface area contributed by atoms with Gasteiger partial charge in [-0.25, -0.2) is 4.79 Å². The molecule has 0 aliphatic heterocycles. The van der Waals surface area contributed by atoms with Gasteiger partial charge < -0.3 is 5.11 Å². The maximum Gasteiger partial charge on any atom is 0.382 e. The highest BCUT2D eigenvalue weighted by Crippen LogP contribution is 1.56. The van der Waals surface area contributed by atoms with Crippen molar-refractivity contribution in [3.8, 4) is 47.9 Å². The van der Waals surface area contributed by atoms with Gasteiger partial charge in [-0.1, -0.05) is 0 Å².